The number of aryl methyl sites for hydroxylation is 4. The van der Waals surface area contributed by atoms with Crippen molar-refractivity contribution in [3.63, 3.8) is 0 Å². The average molecular weight is 333 g/mol. The summed E-state index contributed by atoms with van der Waals surface area (Å²) in [6.45, 7) is 8.64. The molecule has 0 aromatic heterocycles. The molecule has 106 valence electrons. The number of hydrogen-bond donors (Lipinski definition) is 0. The summed E-state index contributed by atoms with van der Waals surface area (Å²) < 4.78 is 5.28. The summed E-state index contributed by atoms with van der Waals surface area (Å²) in [5, 5.41) is 0. The van der Waals surface area contributed by atoms with E-state index in [1.807, 2.05) is 6.07 Å². The Kier molecular flexibility index (Phi) is 4.54. The van der Waals surface area contributed by atoms with Crippen molar-refractivity contribution in [3.05, 3.63) is 63.7 Å². The molecule has 0 aliphatic rings. The first-order valence-corrected chi connectivity index (χ1v) is 7.72. The monoisotopic (exact) mass is 332 g/mol. The molecule has 0 fully saturated rings. The van der Waals surface area contributed by atoms with Crippen LogP contribution in [0.2, 0.25) is 0 Å². The Morgan fingerprint density at radius 3 is 2.00 bits per heavy atom. The Labute approximate surface area is 130 Å². The fraction of sp³-hybridized carbons (Fsp3) is 0.333. The van der Waals surface area contributed by atoms with Crippen LogP contribution in [0.1, 0.15) is 38.2 Å². The summed E-state index contributed by atoms with van der Waals surface area (Å²) in [5.74, 6) is 0.906. The smallest absolute Gasteiger partial charge is 0.119 e. The zero-order valence-electron chi connectivity index (χ0n) is 12.8. The van der Waals surface area contributed by atoms with Crippen LogP contribution >= 0.6 is 15.9 Å². The molecule has 2 heteroatoms. The molecule has 0 spiro atoms. The van der Waals surface area contributed by atoms with Gasteiger partial charge in [0, 0.05) is 0 Å². The molecule has 0 aliphatic carbocycles. The number of ether oxygens (including phenoxy) is 1. The van der Waals surface area contributed by atoms with Crippen LogP contribution in [0, 0.1) is 27.7 Å². The number of rotatable bonds is 3. The van der Waals surface area contributed by atoms with E-state index < -0.39 is 0 Å². The largest absolute Gasteiger partial charge is 0.497 e. The average Bonchev–Trinajstić information content (AvgIpc) is 2.37. The van der Waals surface area contributed by atoms with E-state index in [-0.39, 0.29) is 4.83 Å². The zero-order chi connectivity index (χ0) is 14.9. The third kappa shape index (κ3) is 2.90. The third-order valence-corrected chi connectivity index (χ3v) is 4.69. The summed E-state index contributed by atoms with van der Waals surface area (Å²) in [6, 6.07) is 10.7. The molecule has 0 saturated carbocycles. The van der Waals surface area contributed by atoms with E-state index in [0.717, 1.165) is 5.75 Å². The van der Waals surface area contributed by atoms with E-state index in [4.69, 9.17) is 4.74 Å². The molecule has 0 N–H and O–H groups in total. The van der Waals surface area contributed by atoms with E-state index in [9.17, 15) is 0 Å². The molecule has 2 rings (SSSR count). The van der Waals surface area contributed by atoms with Crippen molar-refractivity contribution in [2.24, 2.45) is 0 Å². The van der Waals surface area contributed by atoms with Crippen LogP contribution < -0.4 is 4.74 Å². The lowest BCUT2D eigenvalue weighted by atomic mass is 9.92. The maximum absolute atomic E-state index is 5.28. The first-order valence-electron chi connectivity index (χ1n) is 6.80. The molecule has 0 bridgehead atoms. The predicted molar refractivity (Wildman–Crippen MR) is 89.2 cm³/mol. The molecule has 0 radical (unpaired) electrons. The standard InChI is InChI=1S/C18H21BrO/c1-11-8-13(3)17(14(4)9-11)18(19)16-7-6-15(20-5)10-12(16)2/h6-10,18H,1-5H3. The molecule has 20 heavy (non-hydrogen) atoms. The number of methoxy groups -OCH3 is 1. The number of benzene rings is 2. The lowest BCUT2D eigenvalue weighted by molar-refractivity contribution is 0.414. The summed E-state index contributed by atoms with van der Waals surface area (Å²) in [7, 11) is 1.70. The van der Waals surface area contributed by atoms with Crippen LogP contribution in [0.15, 0.2) is 30.3 Å². The van der Waals surface area contributed by atoms with E-state index in [1.54, 1.807) is 7.11 Å². The van der Waals surface area contributed by atoms with Gasteiger partial charge in [0.1, 0.15) is 5.75 Å². The second-order valence-corrected chi connectivity index (χ2v) is 6.31. The molecule has 0 saturated heterocycles. The highest BCUT2D eigenvalue weighted by Crippen LogP contribution is 2.37. The summed E-state index contributed by atoms with van der Waals surface area (Å²) in [5.41, 5.74) is 7.88. The molecule has 0 heterocycles. The quantitative estimate of drug-likeness (QED) is 0.682. The van der Waals surface area contributed by atoms with Gasteiger partial charge in [-0.2, -0.15) is 0 Å². The van der Waals surface area contributed by atoms with Crippen LogP contribution in [-0.4, -0.2) is 7.11 Å². The maximum Gasteiger partial charge on any atom is 0.119 e. The summed E-state index contributed by atoms with van der Waals surface area (Å²) >= 11 is 3.88. The van der Waals surface area contributed by atoms with E-state index in [0.29, 0.717) is 0 Å². The lowest BCUT2D eigenvalue weighted by Gasteiger charge is -2.19. The van der Waals surface area contributed by atoms with Crippen LogP contribution in [0.5, 0.6) is 5.75 Å². The minimum atomic E-state index is 0.217. The zero-order valence-corrected chi connectivity index (χ0v) is 14.3. The highest BCUT2D eigenvalue weighted by atomic mass is 79.9. The first-order chi connectivity index (χ1) is 9.43. The van der Waals surface area contributed by atoms with E-state index >= 15 is 0 Å². The molecular weight excluding hydrogens is 312 g/mol. The minimum absolute atomic E-state index is 0.217. The SMILES string of the molecule is COc1ccc(C(Br)c2c(C)cc(C)cc2C)c(C)c1. The lowest BCUT2D eigenvalue weighted by Crippen LogP contribution is -2.02. The van der Waals surface area contributed by atoms with Crippen molar-refractivity contribution in [2.45, 2.75) is 32.5 Å². The second kappa shape index (κ2) is 6.01. The maximum atomic E-state index is 5.28. The fourth-order valence-corrected chi connectivity index (χ4v) is 4.04. The van der Waals surface area contributed by atoms with Crippen molar-refractivity contribution >= 4 is 15.9 Å². The topological polar surface area (TPSA) is 9.23 Å². The molecule has 1 atom stereocenters. The molecule has 1 unspecified atom stereocenters. The van der Waals surface area contributed by atoms with Gasteiger partial charge in [-0.15, -0.1) is 0 Å². The van der Waals surface area contributed by atoms with Crippen molar-refractivity contribution in [1.29, 1.82) is 0 Å². The molecule has 2 aromatic rings. The Hall–Kier alpha value is -1.28. The van der Waals surface area contributed by atoms with Gasteiger partial charge < -0.3 is 4.74 Å². The molecular formula is C18H21BrO. The Balaban J connectivity index is 2.49. The van der Waals surface area contributed by atoms with Gasteiger partial charge in [0.2, 0.25) is 0 Å². The summed E-state index contributed by atoms with van der Waals surface area (Å²) in [4.78, 5) is 0.217. The van der Waals surface area contributed by atoms with Gasteiger partial charge in [0.15, 0.2) is 0 Å². The number of hydrogen-bond acceptors (Lipinski definition) is 1. The van der Waals surface area contributed by atoms with Crippen molar-refractivity contribution in [1.82, 2.24) is 0 Å². The minimum Gasteiger partial charge on any atom is -0.497 e. The molecule has 2 aromatic carbocycles. The van der Waals surface area contributed by atoms with Crippen LogP contribution in [0.25, 0.3) is 0 Å². The van der Waals surface area contributed by atoms with E-state index in [2.05, 4.69) is 67.9 Å². The molecule has 0 amide bonds. The molecule has 1 nitrogen and oxygen atoms in total. The van der Waals surface area contributed by atoms with Crippen molar-refractivity contribution in [2.75, 3.05) is 7.11 Å². The highest BCUT2D eigenvalue weighted by molar-refractivity contribution is 9.09. The van der Waals surface area contributed by atoms with Gasteiger partial charge in [-0.05, 0) is 67.6 Å². The van der Waals surface area contributed by atoms with Gasteiger partial charge in [-0.3, -0.25) is 0 Å². The highest BCUT2D eigenvalue weighted by Gasteiger charge is 2.17. The van der Waals surface area contributed by atoms with Crippen molar-refractivity contribution in [3.8, 4) is 5.75 Å². The fourth-order valence-electron chi connectivity index (χ4n) is 2.81. The van der Waals surface area contributed by atoms with Gasteiger partial charge in [0.05, 0.1) is 11.9 Å². The number of alkyl halides is 1. The molecule has 0 aliphatic heterocycles. The van der Waals surface area contributed by atoms with Crippen LogP contribution in [0.3, 0.4) is 0 Å². The van der Waals surface area contributed by atoms with Crippen molar-refractivity contribution < 1.29 is 4.74 Å². The number of halogens is 1. The predicted octanol–water partition coefficient (Wildman–Crippen LogP) is 5.41. The first kappa shape index (κ1) is 15.1. The van der Waals surface area contributed by atoms with Gasteiger partial charge in [-0.1, -0.05) is 39.7 Å². The third-order valence-electron chi connectivity index (χ3n) is 3.74. The summed E-state index contributed by atoms with van der Waals surface area (Å²) in [6.07, 6.45) is 0. The van der Waals surface area contributed by atoms with Crippen LogP contribution in [0.4, 0.5) is 0 Å². The van der Waals surface area contributed by atoms with Gasteiger partial charge in [0.25, 0.3) is 0 Å². The Morgan fingerprint density at radius 2 is 1.50 bits per heavy atom. The second-order valence-electron chi connectivity index (χ2n) is 5.40. The Morgan fingerprint density at radius 1 is 0.900 bits per heavy atom. The van der Waals surface area contributed by atoms with Gasteiger partial charge in [-0.25, -0.2) is 0 Å². The Bertz CT molecular complexity index is 608. The van der Waals surface area contributed by atoms with Crippen LogP contribution in [-0.2, 0) is 0 Å². The normalized spacial score (nSPS) is 12.3. The van der Waals surface area contributed by atoms with E-state index in [1.165, 1.54) is 33.4 Å². The van der Waals surface area contributed by atoms with Gasteiger partial charge >= 0.3 is 0 Å².